The molecule has 0 amide bonds. The highest BCUT2D eigenvalue weighted by molar-refractivity contribution is 5.83. The molecule has 1 saturated carbocycles. The Labute approximate surface area is 106 Å². The van der Waals surface area contributed by atoms with Gasteiger partial charge in [0.2, 0.25) is 0 Å². The summed E-state index contributed by atoms with van der Waals surface area (Å²) in [4.78, 5) is 23.2. The van der Waals surface area contributed by atoms with Crippen LogP contribution < -0.4 is 4.90 Å². The van der Waals surface area contributed by atoms with Gasteiger partial charge in [-0.25, -0.2) is 0 Å². The summed E-state index contributed by atoms with van der Waals surface area (Å²) in [5.41, 5.74) is 0.880. The van der Waals surface area contributed by atoms with Gasteiger partial charge in [0, 0.05) is 24.8 Å². The zero-order valence-electron chi connectivity index (χ0n) is 10.3. The smallest absolute Gasteiger partial charge is 0.280 e. The SMILES string of the molecule is CN(c1ccc([N+](=O)[O-])c(C=O)c1)C1CCCC1. The fraction of sp³-hybridized carbons (Fsp3) is 0.462. The van der Waals surface area contributed by atoms with Crippen molar-refractivity contribution < 1.29 is 9.72 Å². The predicted molar refractivity (Wildman–Crippen MR) is 69.1 cm³/mol. The number of rotatable bonds is 4. The van der Waals surface area contributed by atoms with E-state index in [0.29, 0.717) is 12.3 Å². The monoisotopic (exact) mass is 248 g/mol. The van der Waals surface area contributed by atoms with Gasteiger partial charge in [-0.1, -0.05) is 12.8 Å². The van der Waals surface area contributed by atoms with Gasteiger partial charge >= 0.3 is 0 Å². The fourth-order valence-corrected chi connectivity index (χ4v) is 2.52. The van der Waals surface area contributed by atoms with Crippen molar-refractivity contribution in [3.63, 3.8) is 0 Å². The van der Waals surface area contributed by atoms with Crippen LogP contribution in [-0.4, -0.2) is 24.3 Å². The third-order valence-electron chi connectivity index (χ3n) is 3.61. The molecule has 1 aromatic rings. The maximum absolute atomic E-state index is 10.9. The van der Waals surface area contributed by atoms with Gasteiger partial charge in [-0.2, -0.15) is 0 Å². The summed E-state index contributed by atoms with van der Waals surface area (Å²) < 4.78 is 0. The molecule has 1 fully saturated rings. The number of carbonyl (C=O) groups excluding carboxylic acids is 1. The highest BCUT2D eigenvalue weighted by Gasteiger charge is 2.21. The van der Waals surface area contributed by atoms with E-state index < -0.39 is 4.92 Å². The van der Waals surface area contributed by atoms with E-state index in [1.807, 2.05) is 7.05 Å². The zero-order chi connectivity index (χ0) is 13.1. The lowest BCUT2D eigenvalue weighted by atomic mass is 10.1. The van der Waals surface area contributed by atoms with Crippen molar-refractivity contribution in [3.8, 4) is 0 Å². The topological polar surface area (TPSA) is 63.4 Å². The van der Waals surface area contributed by atoms with Crippen LogP contribution in [0.5, 0.6) is 0 Å². The molecule has 0 bridgehead atoms. The maximum Gasteiger partial charge on any atom is 0.280 e. The Morgan fingerprint density at radius 2 is 2.06 bits per heavy atom. The third kappa shape index (κ3) is 2.34. The van der Waals surface area contributed by atoms with Crippen LogP contribution in [0.2, 0.25) is 0 Å². The van der Waals surface area contributed by atoms with E-state index in [4.69, 9.17) is 0 Å². The van der Waals surface area contributed by atoms with Crippen LogP contribution in [0.3, 0.4) is 0 Å². The molecule has 0 spiro atoms. The molecule has 5 nitrogen and oxygen atoms in total. The van der Waals surface area contributed by atoms with Gasteiger partial charge in [0.05, 0.1) is 10.5 Å². The first-order chi connectivity index (χ1) is 8.63. The van der Waals surface area contributed by atoms with Crippen LogP contribution in [0.25, 0.3) is 0 Å². The molecule has 0 aliphatic heterocycles. The number of hydrogen-bond acceptors (Lipinski definition) is 4. The second kappa shape index (κ2) is 5.16. The van der Waals surface area contributed by atoms with Crippen LogP contribution in [0.15, 0.2) is 18.2 Å². The standard InChI is InChI=1S/C13H16N2O3/c1-14(11-4-2-3-5-11)12-6-7-13(15(17)18)10(8-12)9-16/h6-9,11H,2-5H2,1H3. The zero-order valence-corrected chi connectivity index (χ0v) is 10.3. The van der Waals surface area contributed by atoms with Crippen LogP contribution in [0.1, 0.15) is 36.0 Å². The Hall–Kier alpha value is -1.91. The molecule has 1 aromatic carbocycles. The Morgan fingerprint density at radius 3 is 2.61 bits per heavy atom. The average Bonchev–Trinajstić information content (AvgIpc) is 2.90. The second-order valence-corrected chi connectivity index (χ2v) is 4.67. The number of anilines is 1. The van der Waals surface area contributed by atoms with Crippen molar-refractivity contribution in [3.05, 3.63) is 33.9 Å². The normalized spacial score (nSPS) is 15.6. The molecule has 2 rings (SSSR count). The van der Waals surface area contributed by atoms with Crippen LogP contribution in [-0.2, 0) is 0 Å². The van der Waals surface area contributed by atoms with E-state index in [1.165, 1.54) is 18.9 Å². The van der Waals surface area contributed by atoms with Crippen molar-refractivity contribution >= 4 is 17.7 Å². The molecule has 0 N–H and O–H groups in total. The third-order valence-corrected chi connectivity index (χ3v) is 3.61. The first-order valence-corrected chi connectivity index (χ1v) is 6.10. The predicted octanol–water partition coefficient (Wildman–Crippen LogP) is 2.79. The molecule has 96 valence electrons. The lowest BCUT2D eigenvalue weighted by Gasteiger charge is -2.26. The molecule has 5 heteroatoms. The summed E-state index contributed by atoms with van der Waals surface area (Å²) in [5, 5.41) is 10.8. The highest BCUT2D eigenvalue weighted by atomic mass is 16.6. The summed E-state index contributed by atoms with van der Waals surface area (Å²) in [6.45, 7) is 0. The van der Waals surface area contributed by atoms with Crippen molar-refractivity contribution in [1.29, 1.82) is 0 Å². The summed E-state index contributed by atoms with van der Waals surface area (Å²) in [6, 6.07) is 5.20. The number of benzene rings is 1. The Kier molecular flexibility index (Phi) is 3.60. The van der Waals surface area contributed by atoms with Crippen molar-refractivity contribution in [2.24, 2.45) is 0 Å². The Bertz CT molecular complexity index is 467. The Morgan fingerprint density at radius 1 is 1.39 bits per heavy atom. The molecule has 0 radical (unpaired) electrons. The lowest BCUT2D eigenvalue weighted by molar-refractivity contribution is -0.385. The van der Waals surface area contributed by atoms with Crippen LogP contribution >= 0.6 is 0 Å². The molecule has 0 saturated heterocycles. The molecule has 1 aliphatic carbocycles. The first-order valence-electron chi connectivity index (χ1n) is 6.10. The number of aldehydes is 1. The number of nitro benzene ring substituents is 1. The average molecular weight is 248 g/mol. The van der Waals surface area contributed by atoms with Crippen LogP contribution in [0.4, 0.5) is 11.4 Å². The number of hydrogen-bond donors (Lipinski definition) is 0. The Balaban J connectivity index is 2.28. The minimum absolute atomic E-state index is 0.131. The molecule has 0 heterocycles. The molecule has 0 aromatic heterocycles. The van der Waals surface area contributed by atoms with E-state index in [-0.39, 0.29) is 11.3 Å². The summed E-state index contributed by atoms with van der Waals surface area (Å²) in [7, 11) is 1.98. The number of nitrogens with zero attached hydrogens (tertiary/aromatic N) is 2. The fourth-order valence-electron chi connectivity index (χ4n) is 2.52. The molecule has 0 atom stereocenters. The second-order valence-electron chi connectivity index (χ2n) is 4.67. The van der Waals surface area contributed by atoms with Gasteiger partial charge in [0.15, 0.2) is 6.29 Å². The van der Waals surface area contributed by atoms with E-state index in [2.05, 4.69) is 4.90 Å². The van der Waals surface area contributed by atoms with E-state index in [9.17, 15) is 14.9 Å². The number of nitro groups is 1. The van der Waals surface area contributed by atoms with Gasteiger partial charge in [-0.05, 0) is 25.0 Å². The van der Waals surface area contributed by atoms with Gasteiger partial charge < -0.3 is 4.90 Å². The minimum atomic E-state index is -0.525. The van der Waals surface area contributed by atoms with E-state index in [0.717, 1.165) is 18.5 Å². The molecule has 18 heavy (non-hydrogen) atoms. The molecule has 1 aliphatic rings. The quantitative estimate of drug-likeness (QED) is 0.467. The minimum Gasteiger partial charge on any atom is -0.372 e. The maximum atomic E-state index is 10.9. The summed E-state index contributed by atoms with van der Waals surface area (Å²) in [5.74, 6) is 0. The highest BCUT2D eigenvalue weighted by Crippen LogP contribution is 2.29. The van der Waals surface area contributed by atoms with Gasteiger partial charge in [0.25, 0.3) is 5.69 Å². The molecular formula is C13H16N2O3. The summed E-state index contributed by atoms with van der Waals surface area (Å²) >= 11 is 0. The van der Waals surface area contributed by atoms with Crippen molar-refractivity contribution in [2.45, 2.75) is 31.7 Å². The molecule has 0 unspecified atom stereocenters. The van der Waals surface area contributed by atoms with Gasteiger partial charge in [-0.15, -0.1) is 0 Å². The van der Waals surface area contributed by atoms with Gasteiger partial charge in [-0.3, -0.25) is 14.9 Å². The van der Waals surface area contributed by atoms with Gasteiger partial charge in [0.1, 0.15) is 0 Å². The van der Waals surface area contributed by atoms with Crippen molar-refractivity contribution in [2.75, 3.05) is 11.9 Å². The van der Waals surface area contributed by atoms with Crippen molar-refractivity contribution in [1.82, 2.24) is 0 Å². The lowest BCUT2D eigenvalue weighted by Crippen LogP contribution is -2.28. The summed E-state index contributed by atoms with van der Waals surface area (Å²) in [6.07, 6.45) is 5.28. The largest absolute Gasteiger partial charge is 0.372 e. The van der Waals surface area contributed by atoms with E-state index >= 15 is 0 Å². The first kappa shape index (κ1) is 12.5. The van der Waals surface area contributed by atoms with Crippen LogP contribution in [0, 0.1) is 10.1 Å². The molecular weight excluding hydrogens is 232 g/mol. The number of carbonyl (C=O) groups is 1. The van der Waals surface area contributed by atoms with E-state index in [1.54, 1.807) is 12.1 Å².